The van der Waals surface area contributed by atoms with Crippen LogP contribution in [0, 0.1) is 6.92 Å². The number of nitrogens with zero attached hydrogens (tertiary/aromatic N) is 2. The normalized spacial score (nSPS) is 12.1. The van der Waals surface area contributed by atoms with E-state index in [1.54, 1.807) is 22.3 Å². The van der Waals surface area contributed by atoms with Gasteiger partial charge in [-0.15, -0.1) is 0 Å². The number of aromatic nitrogens is 2. The van der Waals surface area contributed by atoms with Crippen LogP contribution in [-0.2, 0) is 11.3 Å². The molecule has 0 spiro atoms. The Labute approximate surface area is 121 Å². The van der Waals surface area contributed by atoms with Crippen LogP contribution in [0.15, 0.2) is 34.7 Å². The first-order valence-electron chi connectivity index (χ1n) is 6.42. The second kappa shape index (κ2) is 6.47. The Hall–Kier alpha value is -1.95. The number of hydrogen-bond acceptors (Lipinski definition) is 4. The third kappa shape index (κ3) is 3.54. The van der Waals surface area contributed by atoms with E-state index in [0.29, 0.717) is 13.0 Å². The lowest BCUT2D eigenvalue weighted by Gasteiger charge is -2.14. The van der Waals surface area contributed by atoms with E-state index in [0.717, 1.165) is 22.6 Å². The Bertz CT molecular complexity index is 633. The maximum Gasteiger partial charge on any atom is 0.307 e. The van der Waals surface area contributed by atoms with Gasteiger partial charge < -0.3 is 9.88 Å². The number of nitrogens with one attached hydrogen (secondary N) is 1. The highest BCUT2D eigenvalue weighted by molar-refractivity contribution is 7.07. The fraction of sp³-hybridized carbons (Fsp3) is 0.357. The number of amides is 1. The van der Waals surface area contributed by atoms with Crippen molar-refractivity contribution < 1.29 is 4.79 Å². The number of aryl methyl sites for hydroxylation is 1. The summed E-state index contributed by atoms with van der Waals surface area (Å²) < 4.78 is 1.63. The Morgan fingerprint density at radius 1 is 1.45 bits per heavy atom. The SMILES string of the molecule is Cc1csc(=O)n1CCC(=O)N[C@@H](C)c1ccncc1. The topological polar surface area (TPSA) is 64.0 Å². The van der Waals surface area contributed by atoms with Crippen LogP contribution in [0.25, 0.3) is 0 Å². The van der Waals surface area contributed by atoms with Crippen LogP contribution in [0.3, 0.4) is 0 Å². The molecule has 2 aromatic rings. The molecule has 0 bridgehead atoms. The second-order valence-corrected chi connectivity index (χ2v) is 5.44. The fourth-order valence-electron chi connectivity index (χ4n) is 1.94. The zero-order chi connectivity index (χ0) is 14.5. The number of carbonyl (C=O) groups excluding carboxylic acids is 1. The third-order valence-electron chi connectivity index (χ3n) is 3.12. The van der Waals surface area contributed by atoms with Gasteiger partial charge in [-0.1, -0.05) is 11.3 Å². The molecule has 6 heteroatoms. The van der Waals surface area contributed by atoms with Crippen molar-refractivity contribution in [1.82, 2.24) is 14.9 Å². The van der Waals surface area contributed by atoms with Gasteiger partial charge in [0.2, 0.25) is 5.91 Å². The van der Waals surface area contributed by atoms with Crippen LogP contribution in [0.5, 0.6) is 0 Å². The van der Waals surface area contributed by atoms with Crippen molar-refractivity contribution in [2.75, 3.05) is 0 Å². The molecule has 0 aromatic carbocycles. The first kappa shape index (κ1) is 14.5. The van der Waals surface area contributed by atoms with Gasteiger partial charge in [0.25, 0.3) is 0 Å². The molecule has 2 aromatic heterocycles. The summed E-state index contributed by atoms with van der Waals surface area (Å²) in [5.41, 5.74) is 1.91. The van der Waals surface area contributed by atoms with Crippen molar-refractivity contribution in [2.45, 2.75) is 32.9 Å². The summed E-state index contributed by atoms with van der Waals surface area (Å²) in [5.74, 6) is -0.0631. The lowest BCUT2D eigenvalue weighted by molar-refractivity contribution is -0.121. The molecule has 20 heavy (non-hydrogen) atoms. The monoisotopic (exact) mass is 291 g/mol. The molecular weight excluding hydrogens is 274 g/mol. The molecule has 0 saturated heterocycles. The van der Waals surface area contributed by atoms with Crippen molar-refractivity contribution in [3.8, 4) is 0 Å². The van der Waals surface area contributed by atoms with Gasteiger partial charge in [0.15, 0.2) is 0 Å². The second-order valence-electron chi connectivity index (χ2n) is 4.61. The number of rotatable bonds is 5. The van der Waals surface area contributed by atoms with Crippen molar-refractivity contribution in [1.29, 1.82) is 0 Å². The largest absolute Gasteiger partial charge is 0.350 e. The van der Waals surface area contributed by atoms with Crippen molar-refractivity contribution >= 4 is 17.2 Å². The van der Waals surface area contributed by atoms with Gasteiger partial charge in [-0.05, 0) is 31.5 Å². The minimum atomic E-state index is -0.0641. The zero-order valence-corrected chi connectivity index (χ0v) is 12.3. The van der Waals surface area contributed by atoms with Crippen molar-refractivity contribution in [2.24, 2.45) is 0 Å². The predicted octanol–water partition coefficient (Wildman–Crippen LogP) is 1.88. The summed E-state index contributed by atoms with van der Waals surface area (Å²) in [5, 5.41) is 4.72. The van der Waals surface area contributed by atoms with E-state index in [-0.39, 0.29) is 16.8 Å². The van der Waals surface area contributed by atoms with Crippen molar-refractivity contribution in [3.05, 3.63) is 50.8 Å². The lowest BCUT2D eigenvalue weighted by Crippen LogP contribution is -2.28. The predicted molar refractivity (Wildman–Crippen MR) is 78.7 cm³/mol. The summed E-state index contributed by atoms with van der Waals surface area (Å²) in [4.78, 5) is 27.4. The third-order valence-corrected chi connectivity index (χ3v) is 4.00. The van der Waals surface area contributed by atoms with Gasteiger partial charge in [-0.3, -0.25) is 14.6 Å². The molecular formula is C14H17N3O2S. The van der Waals surface area contributed by atoms with Crippen LogP contribution >= 0.6 is 11.3 Å². The maximum atomic E-state index is 11.9. The summed E-state index contributed by atoms with van der Waals surface area (Å²) >= 11 is 1.16. The molecule has 0 fully saturated rings. The molecule has 0 saturated carbocycles. The first-order chi connectivity index (χ1) is 9.58. The van der Waals surface area contributed by atoms with E-state index < -0.39 is 0 Å². The van der Waals surface area contributed by atoms with Crippen LogP contribution in [0.4, 0.5) is 0 Å². The Balaban J connectivity index is 1.89. The van der Waals surface area contributed by atoms with Crippen LogP contribution in [-0.4, -0.2) is 15.5 Å². The average molecular weight is 291 g/mol. The Kier molecular flexibility index (Phi) is 4.68. The molecule has 0 aliphatic heterocycles. The van der Waals surface area contributed by atoms with E-state index in [9.17, 15) is 9.59 Å². The molecule has 1 amide bonds. The number of carbonyl (C=O) groups is 1. The van der Waals surface area contributed by atoms with Crippen LogP contribution < -0.4 is 10.2 Å². The minimum Gasteiger partial charge on any atom is -0.350 e. The summed E-state index contributed by atoms with van der Waals surface area (Å²) in [6, 6.07) is 3.68. The van der Waals surface area contributed by atoms with E-state index in [2.05, 4.69) is 10.3 Å². The molecule has 5 nitrogen and oxygen atoms in total. The highest BCUT2D eigenvalue weighted by atomic mass is 32.1. The summed E-state index contributed by atoms with van der Waals surface area (Å²) in [6.07, 6.45) is 3.70. The average Bonchev–Trinajstić information content (AvgIpc) is 2.77. The summed E-state index contributed by atoms with van der Waals surface area (Å²) in [6.45, 7) is 4.22. The fourth-order valence-corrected chi connectivity index (χ4v) is 2.70. The molecule has 1 atom stereocenters. The van der Waals surface area contributed by atoms with E-state index in [1.165, 1.54) is 0 Å². The lowest BCUT2D eigenvalue weighted by atomic mass is 10.1. The molecule has 0 aliphatic carbocycles. The summed E-state index contributed by atoms with van der Waals surface area (Å²) in [7, 11) is 0. The highest BCUT2D eigenvalue weighted by Crippen LogP contribution is 2.10. The van der Waals surface area contributed by atoms with E-state index in [4.69, 9.17) is 0 Å². The molecule has 0 radical (unpaired) electrons. The van der Waals surface area contributed by atoms with Gasteiger partial charge in [-0.25, -0.2) is 0 Å². The van der Waals surface area contributed by atoms with Crippen molar-refractivity contribution in [3.63, 3.8) is 0 Å². The number of pyridine rings is 1. The Morgan fingerprint density at radius 2 is 2.15 bits per heavy atom. The molecule has 1 N–H and O–H groups in total. The first-order valence-corrected chi connectivity index (χ1v) is 7.30. The van der Waals surface area contributed by atoms with Gasteiger partial charge in [0.05, 0.1) is 6.04 Å². The molecule has 2 heterocycles. The molecule has 2 rings (SSSR count). The number of thiazole rings is 1. The quantitative estimate of drug-likeness (QED) is 0.915. The zero-order valence-electron chi connectivity index (χ0n) is 11.5. The molecule has 106 valence electrons. The van der Waals surface area contributed by atoms with Gasteiger partial charge in [-0.2, -0.15) is 0 Å². The Morgan fingerprint density at radius 3 is 2.75 bits per heavy atom. The molecule has 0 aliphatic rings. The standard InChI is InChI=1S/C14H17N3O2S/c1-10-9-20-14(19)17(10)8-5-13(18)16-11(2)12-3-6-15-7-4-12/h3-4,6-7,9,11H,5,8H2,1-2H3,(H,16,18)/t11-/m0/s1. The van der Waals surface area contributed by atoms with E-state index >= 15 is 0 Å². The van der Waals surface area contributed by atoms with Gasteiger partial charge in [0, 0.05) is 36.4 Å². The van der Waals surface area contributed by atoms with Gasteiger partial charge >= 0.3 is 4.87 Å². The number of hydrogen-bond donors (Lipinski definition) is 1. The highest BCUT2D eigenvalue weighted by Gasteiger charge is 2.10. The smallest absolute Gasteiger partial charge is 0.307 e. The van der Waals surface area contributed by atoms with Crippen LogP contribution in [0.1, 0.15) is 30.6 Å². The van der Waals surface area contributed by atoms with E-state index in [1.807, 2.05) is 26.0 Å². The minimum absolute atomic E-state index is 0.0162. The van der Waals surface area contributed by atoms with Crippen LogP contribution in [0.2, 0.25) is 0 Å². The molecule has 0 unspecified atom stereocenters. The maximum absolute atomic E-state index is 11.9. The van der Waals surface area contributed by atoms with Gasteiger partial charge in [0.1, 0.15) is 0 Å².